The minimum atomic E-state index is -3.40. The average Bonchev–Trinajstić information content (AvgIpc) is 2.81. The molecule has 0 spiro atoms. The molecule has 21 heteroatoms. The van der Waals surface area contributed by atoms with Crippen LogP contribution in [0.25, 0.3) is 0 Å². The smallest absolute Gasteiger partial charge is 0.364 e. The minimum Gasteiger partial charge on any atom is -0.477 e. The molecule has 0 heterocycles. The van der Waals surface area contributed by atoms with E-state index in [-0.39, 0.29) is 6.61 Å². The lowest BCUT2D eigenvalue weighted by Gasteiger charge is -2.25. The van der Waals surface area contributed by atoms with E-state index >= 15 is 0 Å². The van der Waals surface area contributed by atoms with Crippen LogP contribution in [0.4, 0.5) is 0 Å². The Bertz CT molecular complexity index is 834. The van der Waals surface area contributed by atoms with E-state index in [1.165, 1.54) is 21.3 Å². The van der Waals surface area contributed by atoms with E-state index in [2.05, 4.69) is 65.3 Å². The number of hydrogen-bond donors (Lipinski definition) is 4. The standard InChI is InChI=1S/C7H18NO3P.C5H11NO5P.C4H11NO3P.C2H6O3P/c1-8(2,3)6-7-11-12(5,9)10-4;1-10-12(2,9)11-3-4(6)5(7)8;1-7-9(2,6)8-4-3-5;1-5-6(2,3)4/h5-7H2,1-4H3;4H,2-3,6H2,1H3,(H,7,8);2-5H2,1H3;2H2,1H3,(H,3,4)/q;3*-1/p+2. The van der Waals surface area contributed by atoms with Gasteiger partial charge >= 0.3 is 5.97 Å². The van der Waals surface area contributed by atoms with E-state index < -0.39 is 42.4 Å². The zero-order valence-electron chi connectivity index (χ0n) is 23.9. The van der Waals surface area contributed by atoms with Gasteiger partial charge in [0.25, 0.3) is 0 Å². The highest BCUT2D eigenvalue weighted by Gasteiger charge is 2.18. The Morgan fingerprint density at radius 1 is 0.795 bits per heavy atom. The number of likely N-dealkylation sites (N-methyl/N-ethyl adjacent to an activating group) is 1. The van der Waals surface area contributed by atoms with Gasteiger partial charge in [0, 0.05) is 28.4 Å². The largest absolute Gasteiger partial charge is 0.477 e. The molecule has 0 aliphatic carbocycles. The van der Waals surface area contributed by atoms with Crippen LogP contribution in [-0.4, -0.2) is 109 Å². The quantitative estimate of drug-likeness (QED) is 0.110. The van der Waals surface area contributed by atoms with Gasteiger partial charge in [0.05, 0.1) is 27.7 Å². The number of quaternary nitrogens is 3. The molecule has 0 radical (unpaired) electrons. The molecule has 0 rings (SSSR count). The predicted octanol–water partition coefficient (Wildman–Crippen LogP) is 1.16. The SMILES string of the molecule is [CH2-]P(=O)(O)OC.[CH2-]P(=O)(OC)OCC([NH3+])C(=O)O.[CH2-]P(=O)(OC)OCC[N+](C)(C)C.[CH2-]P(=O)(OC)OCC[NH3+]. The molecule has 0 fully saturated rings. The van der Waals surface area contributed by atoms with Crippen LogP contribution in [-0.2, 0) is 54.7 Å². The summed E-state index contributed by atoms with van der Waals surface area (Å²) in [7, 11) is -1.68. The Morgan fingerprint density at radius 3 is 1.38 bits per heavy atom. The predicted molar refractivity (Wildman–Crippen MR) is 145 cm³/mol. The van der Waals surface area contributed by atoms with Crippen molar-refractivity contribution in [2.45, 2.75) is 6.04 Å². The van der Waals surface area contributed by atoms with Crippen molar-refractivity contribution in [3.05, 3.63) is 26.7 Å². The van der Waals surface area contributed by atoms with Gasteiger partial charge in [-0.25, -0.2) is 31.5 Å². The lowest BCUT2D eigenvalue weighted by atomic mass is 10.3. The second-order valence-electron chi connectivity index (χ2n) is 8.07. The summed E-state index contributed by atoms with van der Waals surface area (Å²) in [6.45, 7) is 14.2. The van der Waals surface area contributed by atoms with E-state index in [1.807, 2.05) is 21.1 Å². The molecule has 0 amide bonds. The lowest BCUT2D eigenvalue weighted by molar-refractivity contribution is -0.870. The van der Waals surface area contributed by atoms with Crippen LogP contribution < -0.4 is 11.5 Å². The molecule has 0 saturated carbocycles. The van der Waals surface area contributed by atoms with Gasteiger partial charge in [0.1, 0.15) is 26.4 Å². The molecular weight excluding hydrogens is 606 g/mol. The van der Waals surface area contributed by atoms with E-state index in [1.54, 1.807) is 0 Å². The Hall–Kier alpha value is -0.0500. The molecule has 0 aromatic rings. The molecule has 8 N–H and O–H groups in total. The number of aliphatic carboxylic acids is 1. The van der Waals surface area contributed by atoms with Crippen molar-refractivity contribution in [3.8, 4) is 0 Å². The van der Waals surface area contributed by atoms with E-state index in [0.717, 1.165) is 18.1 Å². The fourth-order valence-corrected chi connectivity index (χ4v) is 2.58. The van der Waals surface area contributed by atoms with Crippen LogP contribution in [0, 0.1) is 26.7 Å². The van der Waals surface area contributed by atoms with Gasteiger partial charge in [-0.2, -0.15) is 0 Å². The van der Waals surface area contributed by atoms with Gasteiger partial charge in [-0.05, 0) is 0 Å². The number of carboxylic acids is 1. The summed E-state index contributed by atoms with van der Waals surface area (Å²) < 4.78 is 74.9. The molecule has 5 unspecified atom stereocenters. The molecule has 0 aromatic heterocycles. The zero-order chi connectivity index (χ0) is 32.1. The zero-order valence-corrected chi connectivity index (χ0v) is 27.5. The Balaban J connectivity index is -0.000000216. The molecule has 39 heavy (non-hydrogen) atoms. The molecule has 0 bridgehead atoms. The van der Waals surface area contributed by atoms with E-state index in [4.69, 9.17) is 14.5 Å². The number of carboxylic acid groups (broad SMARTS) is 1. The summed E-state index contributed by atoms with van der Waals surface area (Å²) in [6.07, 6.45) is 0. The van der Waals surface area contributed by atoms with Crippen molar-refractivity contribution in [2.75, 3.05) is 82.5 Å². The van der Waals surface area contributed by atoms with E-state index in [0.29, 0.717) is 19.8 Å². The summed E-state index contributed by atoms with van der Waals surface area (Å²) in [5.41, 5.74) is 6.74. The van der Waals surface area contributed by atoms with Crippen LogP contribution in [0.5, 0.6) is 0 Å². The summed E-state index contributed by atoms with van der Waals surface area (Å²) in [6, 6.07) is -0.963. The number of carbonyl (C=O) groups is 1. The molecule has 0 saturated heterocycles. The van der Waals surface area contributed by atoms with Gasteiger partial charge in [-0.1, -0.05) is 0 Å². The number of rotatable bonds is 15. The van der Waals surface area contributed by atoms with Gasteiger partial charge in [0.2, 0.25) is 6.04 Å². The molecule has 5 atom stereocenters. The Morgan fingerprint density at radius 2 is 1.13 bits per heavy atom. The summed E-state index contributed by atoms with van der Waals surface area (Å²) >= 11 is 0. The number of nitrogens with zero attached hydrogens (tertiary/aromatic N) is 1. The van der Waals surface area contributed by atoms with Crippen molar-refractivity contribution < 1.29 is 80.7 Å². The van der Waals surface area contributed by atoms with Crippen LogP contribution in [0.1, 0.15) is 0 Å². The van der Waals surface area contributed by atoms with Gasteiger partial charge < -0.3 is 57.6 Å². The van der Waals surface area contributed by atoms with Gasteiger partial charge in [-0.15, -0.1) is 0 Å². The highest BCUT2D eigenvalue weighted by atomic mass is 31.2. The molecule has 0 aliphatic rings. The van der Waals surface area contributed by atoms with Crippen molar-refractivity contribution in [1.82, 2.24) is 0 Å². The van der Waals surface area contributed by atoms with Crippen LogP contribution in [0.2, 0.25) is 0 Å². The van der Waals surface area contributed by atoms with Crippen molar-refractivity contribution in [1.29, 1.82) is 0 Å². The highest BCUT2D eigenvalue weighted by molar-refractivity contribution is 7.55. The fourth-order valence-electron chi connectivity index (χ4n) is 1.09. The molecule has 240 valence electrons. The van der Waals surface area contributed by atoms with Crippen LogP contribution >= 0.6 is 30.4 Å². The third-order valence-electron chi connectivity index (χ3n) is 3.42. The molecule has 0 aliphatic heterocycles. The lowest BCUT2D eigenvalue weighted by Crippen LogP contribution is -2.67. The Kier molecular flexibility index (Phi) is 26.5. The van der Waals surface area contributed by atoms with Gasteiger partial charge in [-0.3, -0.25) is 18.3 Å². The maximum absolute atomic E-state index is 11.1. The van der Waals surface area contributed by atoms with Crippen LogP contribution in [0.3, 0.4) is 0 Å². The van der Waals surface area contributed by atoms with Crippen LogP contribution in [0.15, 0.2) is 0 Å². The first-order valence-corrected chi connectivity index (χ1v) is 17.6. The highest BCUT2D eigenvalue weighted by Crippen LogP contribution is 2.45. The molecule has 17 nitrogen and oxygen atoms in total. The monoisotopic (exact) mass is 654 g/mol. The van der Waals surface area contributed by atoms with Crippen molar-refractivity contribution >= 4 is 36.4 Å². The Labute approximate surface area is 232 Å². The van der Waals surface area contributed by atoms with Crippen molar-refractivity contribution in [2.24, 2.45) is 0 Å². The average molecular weight is 654 g/mol. The first-order chi connectivity index (χ1) is 17.3. The second kappa shape index (κ2) is 22.5. The topological polar surface area (TPSA) is 246 Å². The maximum Gasteiger partial charge on any atom is 0.364 e. The number of hydrogen-bond acceptors (Lipinski definition) is 12. The maximum atomic E-state index is 11.1. The van der Waals surface area contributed by atoms with Gasteiger partial charge in [0.15, 0.2) is 30.4 Å². The summed E-state index contributed by atoms with van der Waals surface area (Å²) in [4.78, 5) is 18.3. The fraction of sp³-hybridized carbons (Fsp3) is 0.722. The second-order valence-corrected chi connectivity index (χ2v) is 15.2. The molecule has 0 aromatic carbocycles. The van der Waals surface area contributed by atoms with E-state index in [9.17, 15) is 23.1 Å². The minimum absolute atomic E-state index is 0.274. The normalized spacial score (nSPS) is 18.0. The molecular formula is C18H48N3O14P4-. The first-order valence-electron chi connectivity index (χ1n) is 10.7. The van der Waals surface area contributed by atoms with Crippen molar-refractivity contribution in [3.63, 3.8) is 0 Å². The third-order valence-corrected chi connectivity index (χ3v) is 7.36. The summed E-state index contributed by atoms with van der Waals surface area (Å²) in [5, 5.41) is 8.36. The first kappa shape index (κ1) is 45.9. The third kappa shape index (κ3) is 40.2. The summed E-state index contributed by atoms with van der Waals surface area (Å²) in [5.74, 6) is -1.12.